The maximum atomic E-state index is 12.3. The summed E-state index contributed by atoms with van der Waals surface area (Å²) in [7, 11) is 1.60. The Labute approximate surface area is 140 Å². The monoisotopic (exact) mass is 334 g/mol. The molecule has 1 unspecified atom stereocenters. The quantitative estimate of drug-likeness (QED) is 0.665. The zero-order valence-corrected chi connectivity index (χ0v) is 14.2. The average Bonchev–Trinajstić information content (AvgIpc) is 2.49. The molecule has 2 atom stereocenters. The van der Waals surface area contributed by atoms with Crippen molar-refractivity contribution in [1.29, 1.82) is 0 Å². The normalized spacial score (nSPS) is 20.3. The number of ether oxygens (including phenoxy) is 2. The fraction of sp³-hybridized carbons (Fsp3) is 0.471. The number of hydrogen-bond donors (Lipinski definition) is 1. The van der Waals surface area contributed by atoms with E-state index >= 15 is 0 Å². The fourth-order valence-electron chi connectivity index (χ4n) is 2.39. The summed E-state index contributed by atoms with van der Waals surface area (Å²) < 4.78 is 10.5. The van der Waals surface area contributed by atoms with E-state index in [0.29, 0.717) is 5.56 Å². The van der Waals surface area contributed by atoms with Crippen molar-refractivity contribution < 1.29 is 23.9 Å². The van der Waals surface area contributed by atoms with Crippen molar-refractivity contribution in [2.75, 3.05) is 13.6 Å². The van der Waals surface area contributed by atoms with Crippen molar-refractivity contribution in [3.8, 4) is 0 Å². The highest BCUT2D eigenvalue weighted by Gasteiger charge is 2.55. The van der Waals surface area contributed by atoms with Gasteiger partial charge in [0.15, 0.2) is 0 Å². The van der Waals surface area contributed by atoms with Crippen LogP contribution in [0.15, 0.2) is 30.3 Å². The topological polar surface area (TPSA) is 84.9 Å². The van der Waals surface area contributed by atoms with Gasteiger partial charge in [-0.05, 0) is 33.4 Å². The number of carbonyl (C=O) groups is 3. The van der Waals surface area contributed by atoms with E-state index in [1.165, 1.54) is 0 Å². The number of imide groups is 1. The van der Waals surface area contributed by atoms with Crippen molar-refractivity contribution >= 4 is 18.0 Å². The molecule has 1 aliphatic heterocycles. The lowest BCUT2D eigenvalue weighted by Gasteiger charge is -2.44. The van der Waals surface area contributed by atoms with Crippen molar-refractivity contribution in [3.05, 3.63) is 35.9 Å². The Morgan fingerprint density at radius 2 is 1.83 bits per heavy atom. The molecule has 2 rings (SSSR count). The largest absolute Gasteiger partial charge is 0.449 e. The van der Waals surface area contributed by atoms with Gasteiger partial charge in [-0.1, -0.05) is 30.3 Å². The molecule has 7 nitrogen and oxygen atoms in total. The van der Waals surface area contributed by atoms with Crippen LogP contribution in [-0.2, 0) is 19.1 Å². The molecule has 7 heteroatoms. The second kappa shape index (κ2) is 7.00. The first-order valence-corrected chi connectivity index (χ1v) is 7.69. The fourth-order valence-corrected chi connectivity index (χ4v) is 2.39. The van der Waals surface area contributed by atoms with Crippen molar-refractivity contribution in [2.24, 2.45) is 0 Å². The van der Waals surface area contributed by atoms with Crippen LogP contribution >= 0.6 is 0 Å². The van der Waals surface area contributed by atoms with Crippen molar-refractivity contribution in [2.45, 2.75) is 38.5 Å². The summed E-state index contributed by atoms with van der Waals surface area (Å²) in [6.45, 7) is 5.14. The molecule has 2 amide bonds. The van der Waals surface area contributed by atoms with E-state index in [2.05, 4.69) is 5.32 Å². The molecular formula is C17H22N2O5. The molecule has 0 saturated carbocycles. The van der Waals surface area contributed by atoms with Gasteiger partial charge in [0, 0.05) is 0 Å². The zero-order valence-electron chi connectivity index (χ0n) is 14.2. The van der Waals surface area contributed by atoms with Crippen molar-refractivity contribution in [1.82, 2.24) is 10.2 Å². The Morgan fingerprint density at radius 3 is 2.38 bits per heavy atom. The van der Waals surface area contributed by atoms with E-state index in [9.17, 15) is 14.4 Å². The predicted molar refractivity (Wildman–Crippen MR) is 86.1 cm³/mol. The van der Waals surface area contributed by atoms with Crippen LogP contribution in [0.1, 0.15) is 32.4 Å². The number of nitrogens with one attached hydrogen (secondary N) is 1. The van der Waals surface area contributed by atoms with Gasteiger partial charge in [-0.3, -0.25) is 9.59 Å². The van der Waals surface area contributed by atoms with E-state index in [1.54, 1.807) is 52.1 Å². The molecule has 1 aliphatic rings. The Bertz CT molecular complexity index is 624. The molecule has 0 aromatic heterocycles. The molecule has 1 aromatic carbocycles. The summed E-state index contributed by atoms with van der Waals surface area (Å²) in [5.74, 6) is -1.14. The molecule has 24 heavy (non-hydrogen) atoms. The van der Waals surface area contributed by atoms with Gasteiger partial charge in [-0.2, -0.15) is 0 Å². The summed E-state index contributed by atoms with van der Waals surface area (Å²) in [5, 5.41) is 2.66. The number of likely N-dealkylation sites (N-methyl/N-ethyl adjacent to an activating group) is 1. The summed E-state index contributed by atoms with van der Waals surface area (Å²) in [6.07, 6.45) is -1.77. The Hall–Kier alpha value is -2.41. The van der Waals surface area contributed by atoms with Gasteiger partial charge in [0.25, 0.3) is 5.91 Å². The number of carbonyl (C=O) groups excluding carboxylic acids is 3. The number of esters is 1. The smallest absolute Gasteiger partial charge is 0.417 e. The maximum Gasteiger partial charge on any atom is 0.417 e. The minimum Gasteiger partial charge on any atom is -0.449 e. The van der Waals surface area contributed by atoms with Crippen LogP contribution in [0.4, 0.5) is 4.79 Å². The Kier molecular flexibility index (Phi) is 5.23. The molecule has 0 bridgehead atoms. The minimum absolute atomic E-state index is 0.0161. The molecule has 0 aliphatic carbocycles. The molecule has 130 valence electrons. The first kappa shape index (κ1) is 17.9. The van der Waals surface area contributed by atoms with E-state index in [-0.39, 0.29) is 6.54 Å². The van der Waals surface area contributed by atoms with Crippen LogP contribution in [0, 0.1) is 0 Å². The molecule has 1 saturated heterocycles. The number of benzene rings is 1. The van der Waals surface area contributed by atoms with Gasteiger partial charge in [0.05, 0.1) is 6.54 Å². The standard InChI is InChI=1S/C17H22N2O5/c1-17(2,3)24-16(22)19-13(11-8-6-5-7-9-11)14(15(19)21)23-12(20)10-18-4/h5-9,13-14,18H,10H2,1-4H3/t13?,14-/m1/s1. The van der Waals surface area contributed by atoms with Gasteiger partial charge in [0.1, 0.15) is 11.6 Å². The summed E-state index contributed by atoms with van der Waals surface area (Å²) in [4.78, 5) is 37.4. The molecule has 0 radical (unpaired) electrons. The number of likely N-dealkylation sites (tertiary alicyclic amines) is 1. The minimum atomic E-state index is -1.03. The van der Waals surface area contributed by atoms with Gasteiger partial charge < -0.3 is 14.8 Å². The lowest BCUT2D eigenvalue weighted by Crippen LogP contribution is -2.63. The third-order valence-corrected chi connectivity index (χ3v) is 3.36. The van der Waals surface area contributed by atoms with Gasteiger partial charge in [-0.25, -0.2) is 9.69 Å². The highest BCUT2D eigenvalue weighted by atomic mass is 16.6. The van der Waals surface area contributed by atoms with E-state index in [0.717, 1.165) is 4.90 Å². The van der Waals surface area contributed by atoms with Crippen LogP contribution < -0.4 is 5.32 Å². The SMILES string of the molecule is CNCC(=O)O[C@H]1C(=O)N(C(=O)OC(C)(C)C)C1c1ccccc1. The highest BCUT2D eigenvalue weighted by Crippen LogP contribution is 2.38. The van der Waals surface area contributed by atoms with E-state index in [1.807, 2.05) is 6.07 Å². The third-order valence-electron chi connectivity index (χ3n) is 3.36. The first-order chi connectivity index (χ1) is 11.2. The van der Waals surface area contributed by atoms with Crippen LogP contribution in [0.25, 0.3) is 0 Å². The number of rotatable bonds is 4. The molecular weight excluding hydrogens is 312 g/mol. The highest BCUT2D eigenvalue weighted by molar-refractivity contribution is 6.02. The van der Waals surface area contributed by atoms with Gasteiger partial charge in [-0.15, -0.1) is 0 Å². The number of hydrogen-bond acceptors (Lipinski definition) is 6. The van der Waals surface area contributed by atoms with Crippen LogP contribution in [0.5, 0.6) is 0 Å². The maximum absolute atomic E-state index is 12.3. The second-order valence-corrected chi connectivity index (χ2v) is 6.48. The van der Waals surface area contributed by atoms with Gasteiger partial charge in [0.2, 0.25) is 6.10 Å². The Morgan fingerprint density at radius 1 is 1.21 bits per heavy atom. The van der Waals surface area contributed by atoms with Crippen LogP contribution in [-0.4, -0.2) is 48.2 Å². The lowest BCUT2D eigenvalue weighted by atomic mass is 9.91. The molecule has 1 heterocycles. The average molecular weight is 334 g/mol. The van der Waals surface area contributed by atoms with E-state index < -0.39 is 35.7 Å². The van der Waals surface area contributed by atoms with Gasteiger partial charge >= 0.3 is 12.1 Å². The summed E-state index contributed by atoms with van der Waals surface area (Å²) in [6, 6.07) is 8.26. The third kappa shape index (κ3) is 3.91. The molecule has 0 spiro atoms. The molecule has 1 N–H and O–H groups in total. The number of nitrogens with zero attached hydrogens (tertiary/aromatic N) is 1. The van der Waals surface area contributed by atoms with E-state index in [4.69, 9.17) is 9.47 Å². The zero-order chi connectivity index (χ0) is 17.9. The number of amides is 2. The summed E-state index contributed by atoms with van der Waals surface area (Å²) >= 11 is 0. The number of β-lactam (4-membered cyclic amide) rings is 1. The second-order valence-electron chi connectivity index (χ2n) is 6.48. The first-order valence-electron chi connectivity index (χ1n) is 7.69. The molecule has 1 fully saturated rings. The lowest BCUT2D eigenvalue weighted by molar-refractivity contribution is -0.181. The van der Waals surface area contributed by atoms with Crippen molar-refractivity contribution in [3.63, 3.8) is 0 Å². The summed E-state index contributed by atoms with van der Waals surface area (Å²) in [5.41, 5.74) is -0.0304. The Balaban J connectivity index is 2.23. The predicted octanol–water partition coefficient (Wildman–Crippen LogP) is 1.64. The van der Waals surface area contributed by atoms with Crippen LogP contribution in [0.2, 0.25) is 0 Å². The molecule has 1 aromatic rings. The van der Waals surface area contributed by atoms with Crippen LogP contribution in [0.3, 0.4) is 0 Å².